The van der Waals surface area contributed by atoms with Crippen molar-refractivity contribution in [2.45, 2.75) is 46.5 Å². The maximum absolute atomic E-state index is 13.1. The Hall–Kier alpha value is -1.84. The number of piperidine rings is 1. The minimum Gasteiger partial charge on any atom is -0.342 e. The zero-order valence-corrected chi connectivity index (χ0v) is 15.0. The number of hydrogen-bond acceptors (Lipinski definition) is 2. The smallest absolute Gasteiger partial charge is 0.231 e. The van der Waals surface area contributed by atoms with Crippen LogP contribution in [-0.4, -0.2) is 36.3 Å². The first-order valence-corrected chi connectivity index (χ1v) is 9.17. The van der Waals surface area contributed by atoms with Gasteiger partial charge >= 0.3 is 0 Å². The van der Waals surface area contributed by atoms with Gasteiger partial charge in [0.25, 0.3) is 0 Å². The minimum atomic E-state index is -0.0614. The highest BCUT2D eigenvalue weighted by molar-refractivity contribution is 5.96. The minimum absolute atomic E-state index is 0.00228. The SMILES string of the molecule is Cc1ccc2c(c1)CCCN2C(=O)[C@@H]1CCCN(C(=O)C(C)C)C1. The van der Waals surface area contributed by atoms with Crippen LogP contribution in [0.3, 0.4) is 0 Å². The number of likely N-dealkylation sites (tertiary alicyclic amines) is 1. The number of anilines is 1. The van der Waals surface area contributed by atoms with Gasteiger partial charge < -0.3 is 9.80 Å². The molecule has 4 heteroatoms. The molecule has 0 saturated carbocycles. The molecule has 2 aliphatic rings. The number of fused-ring (bicyclic) bond motifs is 1. The summed E-state index contributed by atoms with van der Waals surface area (Å²) in [5.74, 6) is 0.300. The van der Waals surface area contributed by atoms with Crippen molar-refractivity contribution < 1.29 is 9.59 Å². The van der Waals surface area contributed by atoms with Crippen molar-refractivity contribution in [1.29, 1.82) is 0 Å². The van der Waals surface area contributed by atoms with Gasteiger partial charge in [-0.1, -0.05) is 31.5 Å². The molecular weight excluding hydrogens is 300 g/mol. The lowest BCUT2D eigenvalue weighted by molar-refractivity contribution is -0.137. The highest BCUT2D eigenvalue weighted by Gasteiger charge is 2.33. The maximum atomic E-state index is 13.1. The van der Waals surface area contributed by atoms with Crippen LogP contribution in [0.5, 0.6) is 0 Å². The summed E-state index contributed by atoms with van der Waals surface area (Å²) in [6.07, 6.45) is 3.87. The lowest BCUT2D eigenvalue weighted by Gasteiger charge is -2.37. The Morgan fingerprint density at radius 3 is 2.71 bits per heavy atom. The lowest BCUT2D eigenvalue weighted by atomic mass is 9.93. The predicted octanol–water partition coefficient (Wildman–Crippen LogP) is 3.17. The molecule has 1 aromatic carbocycles. The molecule has 2 amide bonds. The molecule has 2 heterocycles. The number of carbonyl (C=O) groups excluding carboxylic acids is 2. The molecule has 130 valence electrons. The summed E-state index contributed by atoms with van der Waals surface area (Å²) in [5, 5.41) is 0. The van der Waals surface area contributed by atoms with Crippen LogP contribution in [0.1, 0.15) is 44.2 Å². The van der Waals surface area contributed by atoms with E-state index in [-0.39, 0.29) is 23.7 Å². The molecule has 0 bridgehead atoms. The van der Waals surface area contributed by atoms with Crippen molar-refractivity contribution in [3.8, 4) is 0 Å². The third kappa shape index (κ3) is 3.33. The van der Waals surface area contributed by atoms with Crippen molar-refractivity contribution in [3.63, 3.8) is 0 Å². The quantitative estimate of drug-likeness (QED) is 0.837. The summed E-state index contributed by atoms with van der Waals surface area (Å²) in [6.45, 7) is 8.11. The molecule has 0 N–H and O–H groups in total. The fourth-order valence-corrected chi connectivity index (χ4v) is 3.92. The average Bonchev–Trinajstić information content (AvgIpc) is 2.59. The summed E-state index contributed by atoms with van der Waals surface area (Å²) < 4.78 is 0. The highest BCUT2D eigenvalue weighted by Crippen LogP contribution is 2.31. The van der Waals surface area contributed by atoms with Crippen molar-refractivity contribution >= 4 is 17.5 Å². The standard InChI is InChI=1S/C20H28N2O2/c1-14(2)19(23)21-10-4-7-17(13-21)20(24)22-11-5-6-16-12-15(3)8-9-18(16)22/h8-9,12,14,17H,4-7,10-11,13H2,1-3H3/t17-/m1/s1. The fourth-order valence-electron chi connectivity index (χ4n) is 3.92. The highest BCUT2D eigenvalue weighted by atomic mass is 16.2. The molecule has 1 saturated heterocycles. The zero-order chi connectivity index (χ0) is 17.3. The molecule has 0 spiro atoms. The van der Waals surface area contributed by atoms with Gasteiger partial charge in [-0.15, -0.1) is 0 Å². The normalized spacial score (nSPS) is 20.9. The molecule has 1 atom stereocenters. The monoisotopic (exact) mass is 328 g/mol. The van der Waals surface area contributed by atoms with Crippen LogP contribution in [0.15, 0.2) is 18.2 Å². The van der Waals surface area contributed by atoms with E-state index in [1.165, 1.54) is 11.1 Å². The summed E-state index contributed by atoms with van der Waals surface area (Å²) in [7, 11) is 0. The van der Waals surface area contributed by atoms with Gasteiger partial charge in [0, 0.05) is 31.2 Å². The molecule has 0 aromatic heterocycles. The first kappa shape index (κ1) is 17.0. The summed E-state index contributed by atoms with van der Waals surface area (Å²) in [5.41, 5.74) is 3.60. The topological polar surface area (TPSA) is 40.6 Å². The number of aryl methyl sites for hydroxylation is 2. The number of hydrogen-bond donors (Lipinski definition) is 0. The van der Waals surface area contributed by atoms with E-state index >= 15 is 0 Å². The molecule has 4 nitrogen and oxygen atoms in total. The van der Waals surface area contributed by atoms with E-state index in [1.54, 1.807) is 0 Å². The van der Waals surface area contributed by atoms with Gasteiger partial charge in [0.2, 0.25) is 11.8 Å². The molecule has 0 radical (unpaired) electrons. The van der Waals surface area contributed by atoms with E-state index in [0.29, 0.717) is 6.54 Å². The molecule has 1 aromatic rings. The largest absolute Gasteiger partial charge is 0.342 e. The molecule has 0 aliphatic carbocycles. The molecule has 1 fully saturated rings. The van der Waals surface area contributed by atoms with Crippen LogP contribution in [-0.2, 0) is 16.0 Å². The molecule has 24 heavy (non-hydrogen) atoms. The van der Waals surface area contributed by atoms with Crippen LogP contribution >= 0.6 is 0 Å². The maximum Gasteiger partial charge on any atom is 0.231 e. The summed E-state index contributed by atoms with van der Waals surface area (Å²) >= 11 is 0. The molecule has 2 aliphatic heterocycles. The van der Waals surface area contributed by atoms with Crippen molar-refractivity contribution in [3.05, 3.63) is 29.3 Å². The lowest BCUT2D eigenvalue weighted by Crippen LogP contribution is -2.48. The molecule has 0 unspecified atom stereocenters. The second kappa shape index (κ2) is 6.96. The van der Waals surface area contributed by atoms with E-state index in [4.69, 9.17) is 0 Å². The van der Waals surface area contributed by atoms with Crippen LogP contribution in [0, 0.1) is 18.8 Å². The van der Waals surface area contributed by atoms with E-state index in [2.05, 4.69) is 25.1 Å². The van der Waals surface area contributed by atoms with Gasteiger partial charge in [0.15, 0.2) is 0 Å². The second-order valence-corrected chi connectivity index (χ2v) is 7.50. The summed E-state index contributed by atoms with van der Waals surface area (Å²) in [4.78, 5) is 29.3. The Bertz CT molecular complexity index is 639. The Labute approximate surface area is 144 Å². The third-order valence-corrected chi connectivity index (χ3v) is 5.20. The van der Waals surface area contributed by atoms with E-state index in [0.717, 1.165) is 44.5 Å². The van der Waals surface area contributed by atoms with Gasteiger partial charge in [-0.2, -0.15) is 0 Å². The molecule has 3 rings (SSSR count). The van der Waals surface area contributed by atoms with E-state index < -0.39 is 0 Å². The Kier molecular flexibility index (Phi) is 4.93. The van der Waals surface area contributed by atoms with Crippen molar-refractivity contribution in [1.82, 2.24) is 4.90 Å². The van der Waals surface area contributed by atoms with E-state index in [9.17, 15) is 9.59 Å². The van der Waals surface area contributed by atoms with Gasteiger partial charge in [-0.05, 0) is 44.2 Å². The number of nitrogens with zero attached hydrogens (tertiary/aromatic N) is 2. The third-order valence-electron chi connectivity index (χ3n) is 5.20. The number of amides is 2. The van der Waals surface area contributed by atoms with Gasteiger partial charge in [-0.3, -0.25) is 9.59 Å². The molecular formula is C20H28N2O2. The number of rotatable bonds is 2. The van der Waals surface area contributed by atoms with Crippen LogP contribution in [0.2, 0.25) is 0 Å². The van der Waals surface area contributed by atoms with Crippen molar-refractivity contribution in [2.75, 3.05) is 24.5 Å². The summed E-state index contributed by atoms with van der Waals surface area (Å²) in [6, 6.07) is 6.37. The van der Waals surface area contributed by atoms with E-state index in [1.807, 2.05) is 23.6 Å². The predicted molar refractivity (Wildman–Crippen MR) is 96.0 cm³/mol. The number of carbonyl (C=O) groups is 2. The van der Waals surface area contributed by atoms with Gasteiger partial charge in [-0.25, -0.2) is 0 Å². The number of benzene rings is 1. The van der Waals surface area contributed by atoms with Gasteiger partial charge in [0.05, 0.1) is 5.92 Å². The van der Waals surface area contributed by atoms with Crippen LogP contribution in [0.25, 0.3) is 0 Å². The van der Waals surface area contributed by atoms with Crippen molar-refractivity contribution in [2.24, 2.45) is 11.8 Å². The van der Waals surface area contributed by atoms with Crippen LogP contribution < -0.4 is 4.90 Å². The van der Waals surface area contributed by atoms with Crippen LogP contribution in [0.4, 0.5) is 5.69 Å². The van der Waals surface area contributed by atoms with Gasteiger partial charge in [0.1, 0.15) is 0 Å². The second-order valence-electron chi connectivity index (χ2n) is 7.50. The zero-order valence-electron chi connectivity index (χ0n) is 15.0. The first-order valence-electron chi connectivity index (χ1n) is 9.17. The Morgan fingerprint density at radius 1 is 1.17 bits per heavy atom. The fraction of sp³-hybridized carbons (Fsp3) is 0.600. The Balaban J connectivity index is 1.76. The average molecular weight is 328 g/mol. The first-order chi connectivity index (χ1) is 11.5. The Morgan fingerprint density at radius 2 is 1.96 bits per heavy atom.